The monoisotopic (exact) mass is 546 g/mol. The zero-order valence-corrected chi connectivity index (χ0v) is 20.0. The van der Waals surface area contributed by atoms with Gasteiger partial charge in [-0.3, -0.25) is 14.1 Å². The fraction of sp³-hybridized carbons (Fsp3) is 0.632. The van der Waals surface area contributed by atoms with E-state index in [0.29, 0.717) is 56.7 Å². The van der Waals surface area contributed by atoms with Crippen LogP contribution >= 0.6 is 24.0 Å². The minimum absolute atomic E-state index is 0. The first-order chi connectivity index (χ1) is 13.3. The molecule has 0 amide bonds. The van der Waals surface area contributed by atoms with Crippen LogP contribution in [0, 0.1) is 0 Å². The fourth-order valence-electron chi connectivity index (χ4n) is 3.04. The summed E-state index contributed by atoms with van der Waals surface area (Å²) in [5.74, 6) is 1.63. The summed E-state index contributed by atoms with van der Waals surface area (Å²) in [6, 6.07) is 8.24. The van der Waals surface area contributed by atoms with Crippen LogP contribution in [0.5, 0.6) is 0 Å². The summed E-state index contributed by atoms with van der Waals surface area (Å²) in [5.41, 5.74) is 1.03. The maximum Gasteiger partial charge on any atom is 0.403 e. The Bertz CT molecular complexity index is 653. The summed E-state index contributed by atoms with van der Waals surface area (Å²) in [5, 5.41) is 3.19. The molecule has 0 saturated carbocycles. The molecule has 0 radical (unpaired) electrons. The first-order valence-electron chi connectivity index (χ1n) is 9.54. The van der Waals surface area contributed by atoms with Gasteiger partial charge < -0.3 is 10.2 Å². The van der Waals surface area contributed by atoms with E-state index in [1.807, 2.05) is 42.2 Å². The Morgan fingerprint density at radius 2 is 1.83 bits per heavy atom. The lowest BCUT2D eigenvalue weighted by Crippen LogP contribution is -2.56. The maximum absolute atomic E-state index is 12.9. The van der Waals surface area contributed by atoms with Gasteiger partial charge in [0.1, 0.15) is 6.04 Å². The summed E-state index contributed by atoms with van der Waals surface area (Å²) in [7, 11) is -1.00. The summed E-state index contributed by atoms with van der Waals surface area (Å²) < 4.78 is 50.9. The number of rotatable bonds is 7. The molecule has 10 heteroatoms. The number of guanidine groups is 1. The first kappa shape index (κ1) is 26.2. The molecule has 0 bridgehead atoms. The van der Waals surface area contributed by atoms with E-state index in [4.69, 9.17) is 0 Å². The van der Waals surface area contributed by atoms with E-state index in [1.54, 1.807) is 0 Å². The van der Waals surface area contributed by atoms with Crippen LogP contribution < -0.4 is 5.32 Å². The molecule has 1 fully saturated rings. The lowest BCUT2D eigenvalue weighted by molar-refractivity contribution is -0.181. The Hall–Kier alpha value is -0.880. The Labute approximate surface area is 190 Å². The molecule has 1 aliphatic heterocycles. The van der Waals surface area contributed by atoms with E-state index in [1.165, 1.54) is 11.8 Å². The normalized spacial score (nSPS) is 18.1. The number of hydrogen-bond donors (Lipinski definition) is 1. The molecule has 2 unspecified atom stereocenters. The Morgan fingerprint density at radius 3 is 2.38 bits per heavy atom. The van der Waals surface area contributed by atoms with Crippen LogP contribution in [-0.2, 0) is 16.6 Å². The van der Waals surface area contributed by atoms with Gasteiger partial charge in [-0.1, -0.05) is 30.3 Å². The van der Waals surface area contributed by atoms with Crippen molar-refractivity contribution in [2.75, 3.05) is 45.0 Å². The number of halogens is 4. The van der Waals surface area contributed by atoms with Gasteiger partial charge in [-0.2, -0.15) is 13.2 Å². The van der Waals surface area contributed by atoms with Gasteiger partial charge in [-0.25, -0.2) is 0 Å². The van der Waals surface area contributed by atoms with Gasteiger partial charge in [0.15, 0.2) is 5.96 Å². The number of nitrogens with one attached hydrogen (secondary N) is 1. The quantitative estimate of drug-likeness (QED) is 0.325. The highest BCUT2D eigenvalue weighted by atomic mass is 127. The minimum Gasteiger partial charge on any atom is -0.357 e. The van der Waals surface area contributed by atoms with Crippen molar-refractivity contribution in [2.24, 2.45) is 4.99 Å². The van der Waals surface area contributed by atoms with Gasteiger partial charge in [0, 0.05) is 55.0 Å². The fourth-order valence-corrected chi connectivity index (χ4v) is 4.04. The number of hydrogen-bond acceptors (Lipinski definition) is 3. The van der Waals surface area contributed by atoms with Crippen LogP contribution in [0.2, 0.25) is 0 Å². The second-order valence-electron chi connectivity index (χ2n) is 6.75. The molecule has 166 valence electrons. The van der Waals surface area contributed by atoms with Gasteiger partial charge in [0.05, 0.1) is 6.54 Å². The molecule has 1 aliphatic rings. The highest BCUT2D eigenvalue weighted by molar-refractivity contribution is 14.0. The summed E-state index contributed by atoms with van der Waals surface area (Å²) in [6.45, 7) is 5.89. The predicted octanol–water partition coefficient (Wildman–Crippen LogP) is 3.09. The number of piperazine rings is 1. The predicted molar refractivity (Wildman–Crippen MR) is 123 cm³/mol. The van der Waals surface area contributed by atoms with Crippen LogP contribution in [0.1, 0.15) is 19.4 Å². The van der Waals surface area contributed by atoms with Crippen molar-refractivity contribution in [1.29, 1.82) is 0 Å². The third kappa shape index (κ3) is 8.79. The topological polar surface area (TPSA) is 47.9 Å². The molecular weight excluding hydrogens is 516 g/mol. The highest BCUT2D eigenvalue weighted by Gasteiger charge is 2.41. The van der Waals surface area contributed by atoms with Crippen molar-refractivity contribution in [3.63, 3.8) is 0 Å². The van der Waals surface area contributed by atoms with Gasteiger partial charge >= 0.3 is 6.18 Å². The lowest BCUT2D eigenvalue weighted by atomic mass is 10.2. The average Bonchev–Trinajstić information content (AvgIpc) is 2.67. The molecule has 2 atom stereocenters. The molecule has 0 aromatic heterocycles. The summed E-state index contributed by atoms with van der Waals surface area (Å²) in [4.78, 5) is 7.96. The highest BCUT2D eigenvalue weighted by Crippen LogP contribution is 2.25. The minimum atomic E-state index is -4.20. The average molecular weight is 546 g/mol. The molecule has 5 nitrogen and oxygen atoms in total. The molecule has 1 N–H and O–H groups in total. The number of aliphatic imine (C=N–C) groups is 1. The second-order valence-corrected chi connectivity index (χ2v) is 8.33. The van der Waals surface area contributed by atoms with Gasteiger partial charge in [0.25, 0.3) is 0 Å². The van der Waals surface area contributed by atoms with Crippen molar-refractivity contribution >= 4 is 40.7 Å². The molecule has 0 aliphatic carbocycles. The number of nitrogens with zero attached hydrogens (tertiary/aromatic N) is 3. The van der Waals surface area contributed by atoms with Crippen LogP contribution in [0.25, 0.3) is 0 Å². The third-order valence-corrected chi connectivity index (χ3v) is 6.01. The third-order valence-electron chi connectivity index (χ3n) is 4.72. The molecule has 0 spiro atoms. The standard InChI is InChI=1S/C19H29F3N4OS.HI/c1-3-23-18(24-9-14-28(27)15-17-7-5-4-6-8-17)26-12-10-25(11-13-26)16(2)19(20,21)22;/h4-8,16H,3,9-15H2,1-2H3,(H,23,24);1H. The molecule has 29 heavy (non-hydrogen) atoms. The summed E-state index contributed by atoms with van der Waals surface area (Å²) in [6.07, 6.45) is -4.20. The molecular formula is C19H30F3IN4OS. The Morgan fingerprint density at radius 1 is 1.21 bits per heavy atom. The summed E-state index contributed by atoms with van der Waals surface area (Å²) >= 11 is 0. The van der Waals surface area contributed by atoms with Gasteiger partial charge in [-0.15, -0.1) is 24.0 Å². The number of benzene rings is 1. The van der Waals surface area contributed by atoms with Crippen molar-refractivity contribution in [3.8, 4) is 0 Å². The van der Waals surface area contributed by atoms with Crippen molar-refractivity contribution < 1.29 is 17.4 Å². The number of alkyl halides is 3. The van der Waals surface area contributed by atoms with E-state index in [0.717, 1.165) is 5.56 Å². The van der Waals surface area contributed by atoms with Gasteiger partial charge in [-0.05, 0) is 19.4 Å². The maximum atomic E-state index is 12.9. The molecule has 1 heterocycles. The van der Waals surface area contributed by atoms with E-state index in [2.05, 4.69) is 10.3 Å². The van der Waals surface area contributed by atoms with Crippen LogP contribution in [0.15, 0.2) is 35.3 Å². The van der Waals surface area contributed by atoms with Crippen LogP contribution in [0.3, 0.4) is 0 Å². The second kappa shape index (κ2) is 12.7. The Kier molecular flexibility index (Phi) is 11.5. The molecule has 1 aromatic carbocycles. The zero-order chi connectivity index (χ0) is 20.6. The molecule has 2 rings (SSSR count). The lowest BCUT2D eigenvalue weighted by Gasteiger charge is -2.39. The van der Waals surface area contributed by atoms with E-state index in [9.17, 15) is 17.4 Å². The van der Waals surface area contributed by atoms with Crippen LogP contribution in [0.4, 0.5) is 13.2 Å². The van der Waals surface area contributed by atoms with Crippen molar-refractivity contribution in [1.82, 2.24) is 15.1 Å². The largest absolute Gasteiger partial charge is 0.403 e. The van der Waals surface area contributed by atoms with E-state index in [-0.39, 0.29) is 24.0 Å². The molecule has 1 saturated heterocycles. The first-order valence-corrected chi connectivity index (χ1v) is 11.0. The molecule has 1 aromatic rings. The van der Waals surface area contributed by atoms with Crippen molar-refractivity contribution in [3.05, 3.63) is 35.9 Å². The van der Waals surface area contributed by atoms with Gasteiger partial charge in [0.2, 0.25) is 0 Å². The Balaban J connectivity index is 0.00000420. The SMILES string of the molecule is CCNC(=NCCS(=O)Cc1ccccc1)N1CCN(C(C)C(F)(F)F)CC1.I. The van der Waals surface area contributed by atoms with Crippen LogP contribution in [-0.4, -0.2) is 77.2 Å². The van der Waals surface area contributed by atoms with Crippen molar-refractivity contribution in [2.45, 2.75) is 31.8 Å². The van der Waals surface area contributed by atoms with E-state index >= 15 is 0 Å². The zero-order valence-electron chi connectivity index (χ0n) is 16.8. The smallest absolute Gasteiger partial charge is 0.357 e. The van der Waals surface area contributed by atoms with E-state index < -0.39 is 23.0 Å².